The predicted molar refractivity (Wildman–Crippen MR) is 123 cm³/mol. The van der Waals surface area contributed by atoms with E-state index in [9.17, 15) is 10.1 Å². The zero-order valence-corrected chi connectivity index (χ0v) is 18.8. The van der Waals surface area contributed by atoms with E-state index in [-0.39, 0.29) is 11.1 Å². The highest BCUT2D eigenvalue weighted by Crippen LogP contribution is 2.32. The first-order chi connectivity index (χ1) is 15.0. The fraction of sp³-hybridized carbons (Fsp3) is 0.409. The van der Waals surface area contributed by atoms with Gasteiger partial charge in [0.05, 0.1) is 10.7 Å². The van der Waals surface area contributed by atoms with E-state index < -0.39 is 0 Å². The van der Waals surface area contributed by atoms with Crippen LogP contribution in [-0.2, 0) is 7.05 Å². The number of nitriles is 2. The highest BCUT2D eigenvalue weighted by atomic mass is 32.1. The molecule has 31 heavy (non-hydrogen) atoms. The van der Waals surface area contributed by atoms with Gasteiger partial charge in [0.1, 0.15) is 33.7 Å². The van der Waals surface area contributed by atoms with Gasteiger partial charge in [-0.1, -0.05) is 0 Å². The van der Waals surface area contributed by atoms with Crippen molar-refractivity contribution >= 4 is 33.1 Å². The molecule has 0 spiro atoms. The number of aryl methyl sites for hydroxylation is 2. The Balaban J connectivity index is 0.000000210. The average molecular weight is 436 g/mol. The zero-order chi connectivity index (χ0) is 22.4. The first-order valence-corrected chi connectivity index (χ1v) is 11.1. The van der Waals surface area contributed by atoms with Crippen molar-refractivity contribution in [2.75, 3.05) is 29.9 Å². The van der Waals surface area contributed by atoms with Crippen molar-refractivity contribution < 1.29 is 0 Å². The van der Waals surface area contributed by atoms with Crippen LogP contribution in [0.25, 0.3) is 10.3 Å². The van der Waals surface area contributed by atoms with Gasteiger partial charge in [-0.3, -0.25) is 4.79 Å². The Hall–Kier alpha value is -3.43. The Labute approximate surface area is 185 Å². The molecule has 1 aliphatic heterocycles. The summed E-state index contributed by atoms with van der Waals surface area (Å²) in [7, 11) is 1.71. The third-order valence-electron chi connectivity index (χ3n) is 5.04. The molecule has 0 aromatic carbocycles. The van der Waals surface area contributed by atoms with Crippen molar-refractivity contribution in [1.82, 2.24) is 14.5 Å². The molecule has 1 saturated heterocycles. The molecule has 0 unspecified atom stereocenters. The standard InChI is InChI=1S/C14H16N4OS.C8H9N3/c1-9-16-11-12(18-6-4-3-5-7-18)10(8-15)13(19)17(2)14(11)20-9;1-2-10-7-3-4-11-8(5-7)6-9/h3-7H2,1-2H3;3-5H,2H2,1H3,(H,10,11). The Kier molecular flexibility index (Phi) is 7.22. The van der Waals surface area contributed by atoms with Crippen LogP contribution in [0.15, 0.2) is 23.1 Å². The van der Waals surface area contributed by atoms with Gasteiger partial charge in [-0.15, -0.1) is 11.3 Å². The number of nitrogens with zero attached hydrogens (tertiary/aromatic N) is 6. The number of hydrogen-bond donors (Lipinski definition) is 1. The van der Waals surface area contributed by atoms with Crippen LogP contribution >= 0.6 is 11.3 Å². The lowest BCUT2D eigenvalue weighted by Crippen LogP contribution is -2.33. The van der Waals surface area contributed by atoms with Crippen molar-refractivity contribution in [2.24, 2.45) is 7.05 Å². The summed E-state index contributed by atoms with van der Waals surface area (Å²) in [5.41, 5.74) is 2.95. The van der Waals surface area contributed by atoms with E-state index in [1.165, 1.54) is 17.8 Å². The monoisotopic (exact) mass is 435 g/mol. The van der Waals surface area contributed by atoms with E-state index >= 15 is 0 Å². The first kappa shape index (κ1) is 22.3. The quantitative estimate of drug-likeness (QED) is 0.670. The lowest BCUT2D eigenvalue weighted by molar-refractivity contribution is 0.578. The molecule has 4 rings (SSSR count). The summed E-state index contributed by atoms with van der Waals surface area (Å²) in [6.07, 6.45) is 5.04. The van der Waals surface area contributed by atoms with Crippen molar-refractivity contribution in [3.63, 3.8) is 0 Å². The van der Waals surface area contributed by atoms with Gasteiger partial charge in [-0.05, 0) is 45.2 Å². The summed E-state index contributed by atoms with van der Waals surface area (Å²) in [6, 6.07) is 7.63. The Morgan fingerprint density at radius 3 is 2.61 bits per heavy atom. The highest BCUT2D eigenvalue weighted by molar-refractivity contribution is 7.18. The summed E-state index contributed by atoms with van der Waals surface area (Å²) in [6.45, 7) is 6.59. The van der Waals surface area contributed by atoms with E-state index in [1.54, 1.807) is 23.9 Å². The van der Waals surface area contributed by atoms with Gasteiger partial charge in [-0.25, -0.2) is 9.97 Å². The van der Waals surface area contributed by atoms with Crippen LogP contribution in [0.5, 0.6) is 0 Å². The molecule has 3 aromatic rings. The highest BCUT2D eigenvalue weighted by Gasteiger charge is 2.24. The van der Waals surface area contributed by atoms with Crippen LogP contribution in [0, 0.1) is 29.6 Å². The first-order valence-electron chi connectivity index (χ1n) is 10.2. The van der Waals surface area contributed by atoms with Crippen LogP contribution < -0.4 is 15.8 Å². The molecule has 0 saturated carbocycles. The summed E-state index contributed by atoms with van der Waals surface area (Å²) < 4.78 is 1.55. The third kappa shape index (κ3) is 4.84. The number of piperidine rings is 1. The minimum atomic E-state index is -0.218. The topological polar surface area (TPSA) is 111 Å². The number of nitrogens with one attached hydrogen (secondary N) is 1. The SMILES string of the molecule is CCNc1ccnc(C#N)c1.Cc1nc2c(N3CCCCC3)c(C#N)c(=O)n(C)c2s1. The number of fused-ring (bicyclic) bond motifs is 1. The van der Waals surface area contributed by atoms with Gasteiger partial charge in [0.25, 0.3) is 5.56 Å². The summed E-state index contributed by atoms with van der Waals surface area (Å²) in [5.74, 6) is 0. The molecule has 0 amide bonds. The predicted octanol–water partition coefficient (Wildman–Crippen LogP) is 3.55. The van der Waals surface area contributed by atoms with Gasteiger partial charge >= 0.3 is 0 Å². The van der Waals surface area contributed by atoms with Crippen LogP contribution in [0.3, 0.4) is 0 Å². The second-order valence-electron chi connectivity index (χ2n) is 7.21. The molecule has 4 heterocycles. The zero-order valence-electron chi connectivity index (χ0n) is 18.0. The van der Waals surface area contributed by atoms with Crippen molar-refractivity contribution in [1.29, 1.82) is 10.5 Å². The Morgan fingerprint density at radius 1 is 1.23 bits per heavy atom. The summed E-state index contributed by atoms with van der Waals surface area (Å²) in [4.78, 5) is 23.8. The summed E-state index contributed by atoms with van der Waals surface area (Å²) in [5, 5.41) is 21.9. The van der Waals surface area contributed by atoms with E-state index in [1.807, 2.05) is 26.0 Å². The third-order valence-corrected chi connectivity index (χ3v) is 6.09. The molecule has 0 bridgehead atoms. The maximum absolute atomic E-state index is 12.4. The van der Waals surface area contributed by atoms with Gasteiger partial charge in [-0.2, -0.15) is 10.5 Å². The molecular weight excluding hydrogens is 410 g/mol. The number of thiazole rings is 1. The molecule has 8 nitrogen and oxygen atoms in total. The number of pyridine rings is 2. The lowest BCUT2D eigenvalue weighted by atomic mass is 10.1. The van der Waals surface area contributed by atoms with Crippen LogP contribution in [0.4, 0.5) is 11.4 Å². The number of anilines is 2. The fourth-order valence-corrected chi connectivity index (χ4v) is 4.49. The van der Waals surface area contributed by atoms with Gasteiger partial charge in [0.15, 0.2) is 0 Å². The van der Waals surface area contributed by atoms with Gasteiger partial charge < -0.3 is 14.8 Å². The molecule has 1 fully saturated rings. The molecule has 0 atom stereocenters. The molecule has 0 radical (unpaired) electrons. The van der Waals surface area contributed by atoms with Gasteiger partial charge in [0, 0.05) is 38.6 Å². The van der Waals surface area contributed by atoms with E-state index in [2.05, 4.69) is 26.3 Å². The number of rotatable bonds is 3. The normalized spacial score (nSPS) is 13.1. The molecular formula is C22H25N7OS. The molecule has 1 aliphatic rings. The number of aromatic nitrogens is 3. The number of hydrogen-bond acceptors (Lipinski definition) is 8. The fourth-order valence-electron chi connectivity index (χ4n) is 3.61. The van der Waals surface area contributed by atoms with E-state index in [4.69, 9.17) is 5.26 Å². The van der Waals surface area contributed by atoms with Crippen molar-refractivity contribution in [2.45, 2.75) is 33.1 Å². The second-order valence-corrected chi connectivity index (χ2v) is 8.39. The van der Waals surface area contributed by atoms with E-state index in [0.29, 0.717) is 5.69 Å². The largest absolute Gasteiger partial charge is 0.385 e. The molecule has 3 aromatic heterocycles. The maximum atomic E-state index is 12.4. The smallest absolute Gasteiger partial charge is 0.271 e. The Morgan fingerprint density at radius 2 is 1.97 bits per heavy atom. The molecule has 1 N–H and O–H groups in total. The van der Waals surface area contributed by atoms with Crippen LogP contribution in [0.2, 0.25) is 0 Å². The summed E-state index contributed by atoms with van der Waals surface area (Å²) >= 11 is 1.51. The van der Waals surface area contributed by atoms with Crippen molar-refractivity contribution in [3.8, 4) is 12.1 Å². The lowest BCUT2D eigenvalue weighted by Gasteiger charge is -2.29. The van der Waals surface area contributed by atoms with Gasteiger partial charge in [0.2, 0.25) is 0 Å². The minimum Gasteiger partial charge on any atom is -0.385 e. The molecule has 0 aliphatic carbocycles. The van der Waals surface area contributed by atoms with E-state index in [0.717, 1.165) is 59.2 Å². The molecule has 160 valence electrons. The maximum Gasteiger partial charge on any atom is 0.271 e. The molecule has 9 heteroatoms. The Bertz CT molecular complexity index is 1210. The minimum absolute atomic E-state index is 0.218. The van der Waals surface area contributed by atoms with Crippen molar-refractivity contribution in [3.05, 3.63) is 44.9 Å². The average Bonchev–Trinajstić information content (AvgIpc) is 3.19. The van der Waals surface area contributed by atoms with Crippen LogP contribution in [-0.4, -0.2) is 34.2 Å². The van der Waals surface area contributed by atoms with Crippen LogP contribution in [0.1, 0.15) is 42.5 Å². The second kappa shape index (κ2) is 10.1.